The third-order valence-corrected chi connectivity index (χ3v) is 6.02. The number of pyridine rings is 1. The van der Waals surface area contributed by atoms with Crippen LogP contribution in [-0.2, 0) is 11.2 Å². The topological polar surface area (TPSA) is 74.8 Å². The lowest BCUT2D eigenvalue weighted by Gasteiger charge is -2.39. The van der Waals surface area contributed by atoms with Crippen LogP contribution in [0.3, 0.4) is 0 Å². The molecule has 1 saturated heterocycles. The zero-order chi connectivity index (χ0) is 23.4. The number of carbonyl (C=O) groups excluding carboxylic acids is 2. The maximum atomic E-state index is 13.4. The first-order chi connectivity index (χ1) is 16.0. The van der Waals surface area contributed by atoms with Gasteiger partial charge in [0.1, 0.15) is 17.6 Å². The van der Waals surface area contributed by atoms with Crippen molar-refractivity contribution in [3.05, 3.63) is 78.0 Å². The molecule has 7 nitrogen and oxygen atoms in total. The quantitative estimate of drug-likeness (QED) is 0.631. The van der Waals surface area contributed by atoms with E-state index in [4.69, 9.17) is 4.74 Å². The molecule has 1 N–H and O–H groups in total. The van der Waals surface area contributed by atoms with E-state index >= 15 is 0 Å². The van der Waals surface area contributed by atoms with Gasteiger partial charge in [-0.05, 0) is 41.0 Å². The zero-order valence-electron chi connectivity index (χ0n) is 19.1. The van der Waals surface area contributed by atoms with E-state index in [9.17, 15) is 9.59 Å². The average Bonchev–Trinajstić information content (AvgIpc) is 2.87. The number of hydrogen-bond acceptors (Lipinski definition) is 5. The molecule has 1 aliphatic heterocycles. The van der Waals surface area contributed by atoms with Crippen LogP contribution in [0.5, 0.6) is 5.75 Å². The third-order valence-electron chi connectivity index (χ3n) is 6.02. The Bertz CT molecular complexity index is 1150. The highest BCUT2D eigenvalue weighted by atomic mass is 16.5. The number of nitrogens with zero attached hydrogens (tertiary/aromatic N) is 3. The van der Waals surface area contributed by atoms with Crippen LogP contribution in [0.15, 0.2) is 66.9 Å². The fourth-order valence-corrected chi connectivity index (χ4v) is 4.10. The lowest BCUT2D eigenvalue weighted by atomic mass is 9.97. The molecule has 0 unspecified atom stereocenters. The van der Waals surface area contributed by atoms with Gasteiger partial charge in [-0.3, -0.25) is 9.59 Å². The van der Waals surface area contributed by atoms with Crippen molar-refractivity contribution < 1.29 is 14.3 Å². The number of nitrogens with one attached hydrogen (secondary N) is 1. The van der Waals surface area contributed by atoms with Gasteiger partial charge in [-0.25, -0.2) is 4.98 Å². The van der Waals surface area contributed by atoms with Crippen LogP contribution in [0.4, 0.5) is 5.82 Å². The number of rotatable bonds is 6. The summed E-state index contributed by atoms with van der Waals surface area (Å²) in [6.07, 6.45) is 2.05. The van der Waals surface area contributed by atoms with Crippen LogP contribution in [0.25, 0.3) is 11.1 Å². The number of aromatic nitrogens is 1. The van der Waals surface area contributed by atoms with E-state index in [1.54, 1.807) is 49.3 Å². The number of amides is 2. The predicted molar refractivity (Wildman–Crippen MR) is 128 cm³/mol. The van der Waals surface area contributed by atoms with Crippen LogP contribution in [0.2, 0.25) is 0 Å². The van der Waals surface area contributed by atoms with Gasteiger partial charge in [-0.2, -0.15) is 0 Å². The Kier molecular flexibility index (Phi) is 6.58. The molecular weight excluding hydrogens is 416 g/mol. The first-order valence-corrected chi connectivity index (χ1v) is 10.9. The van der Waals surface area contributed by atoms with Crippen molar-refractivity contribution in [3.8, 4) is 16.9 Å². The maximum absolute atomic E-state index is 13.4. The standard InChI is InChI=1S/C26H28N4O3/c1-27-24-17-21(11-12-28-24)25(31)30-14-13-29(2)26(32)23(30)16-18-5-4-6-20(15-18)19-7-9-22(33-3)10-8-19/h4-12,15,17,23H,13-14,16H2,1-3H3,(H,27,28)/t23-/m0/s1. The normalized spacial score (nSPS) is 16.0. The van der Waals surface area contributed by atoms with E-state index in [0.717, 1.165) is 22.4 Å². The van der Waals surface area contributed by atoms with E-state index in [1.807, 2.05) is 42.5 Å². The van der Waals surface area contributed by atoms with Crippen LogP contribution in [0, 0.1) is 0 Å². The number of anilines is 1. The highest BCUT2D eigenvalue weighted by Crippen LogP contribution is 2.25. The Morgan fingerprint density at radius 1 is 1.09 bits per heavy atom. The van der Waals surface area contributed by atoms with E-state index in [1.165, 1.54) is 0 Å². The molecule has 0 spiro atoms. The second-order valence-electron chi connectivity index (χ2n) is 8.09. The molecule has 0 radical (unpaired) electrons. The van der Waals surface area contributed by atoms with Crippen molar-refractivity contribution in [2.24, 2.45) is 0 Å². The fourth-order valence-electron chi connectivity index (χ4n) is 4.10. The first kappa shape index (κ1) is 22.3. The van der Waals surface area contributed by atoms with Crippen molar-refractivity contribution >= 4 is 17.6 Å². The third kappa shape index (κ3) is 4.82. The number of benzene rings is 2. The molecule has 1 fully saturated rings. The minimum Gasteiger partial charge on any atom is -0.497 e. The number of methoxy groups -OCH3 is 1. The molecule has 2 aromatic carbocycles. The SMILES string of the molecule is CNc1cc(C(=O)N2CCN(C)C(=O)[C@@H]2Cc2cccc(-c3ccc(OC)cc3)c2)ccn1. The molecule has 2 heterocycles. The number of hydrogen-bond donors (Lipinski definition) is 1. The lowest BCUT2D eigenvalue weighted by molar-refractivity contribution is -0.138. The number of ether oxygens (including phenoxy) is 1. The monoisotopic (exact) mass is 444 g/mol. The van der Waals surface area contributed by atoms with Gasteiger partial charge in [-0.1, -0.05) is 36.4 Å². The maximum Gasteiger partial charge on any atom is 0.254 e. The molecule has 170 valence electrons. The molecule has 0 bridgehead atoms. The second-order valence-corrected chi connectivity index (χ2v) is 8.09. The predicted octanol–water partition coefficient (Wildman–Crippen LogP) is 3.32. The van der Waals surface area contributed by atoms with Crippen molar-refractivity contribution in [3.63, 3.8) is 0 Å². The largest absolute Gasteiger partial charge is 0.497 e. The average molecular weight is 445 g/mol. The van der Waals surface area contributed by atoms with Crippen LogP contribution in [0.1, 0.15) is 15.9 Å². The van der Waals surface area contributed by atoms with E-state index in [-0.39, 0.29) is 11.8 Å². The Morgan fingerprint density at radius 2 is 1.88 bits per heavy atom. The summed E-state index contributed by atoms with van der Waals surface area (Å²) in [5.41, 5.74) is 3.63. The summed E-state index contributed by atoms with van der Waals surface area (Å²) in [4.78, 5) is 34.1. The van der Waals surface area contributed by atoms with Crippen LogP contribution >= 0.6 is 0 Å². The van der Waals surface area contributed by atoms with E-state index < -0.39 is 6.04 Å². The zero-order valence-corrected chi connectivity index (χ0v) is 19.1. The summed E-state index contributed by atoms with van der Waals surface area (Å²) in [5, 5.41) is 2.96. The van der Waals surface area contributed by atoms with Crippen LogP contribution < -0.4 is 10.1 Å². The Hall–Kier alpha value is -3.87. The van der Waals surface area contributed by atoms with E-state index in [0.29, 0.717) is 30.9 Å². The first-order valence-electron chi connectivity index (χ1n) is 10.9. The van der Waals surface area contributed by atoms with Gasteiger partial charge in [-0.15, -0.1) is 0 Å². The molecule has 3 aromatic rings. The molecule has 0 aliphatic carbocycles. The fraction of sp³-hybridized carbons (Fsp3) is 0.269. The van der Waals surface area contributed by atoms with Crippen molar-refractivity contribution in [1.29, 1.82) is 0 Å². The Morgan fingerprint density at radius 3 is 2.61 bits per heavy atom. The molecule has 2 amide bonds. The van der Waals surface area contributed by atoms with Crippen molar-refractivity contribution in [2.75, 3.05) is 39.6 Å². The highest BCUT2D eigenvalue weighted by Gasteiger charge is 2.36. The number of likely N-dealkylation sites (N-methyl/N-ethyl adjacent to an activating group) is 1. The molecule has 1 aliphatic rings. The van der Waals surface area contributed by atoms with E-state index in [2.05, 4.69) is 16.4 Å². The highest BCUT2D eigenvalue weighted by molar-refractivity contribution is 5.98. The Balaban J connectivity index is 1.60. The molecule has 33 heavy (non-hydrogen) atoms. The number of carbonyl (C=O) groups is 2. The summed E-state index contributed by atoms with van der Waals surface area (Å²) >= 11 is 0. The minimum atomic E-state index is -0.562. The van der Waals surface area contributed by atoms with Gasteiger partial charge < -0.3 is 19.9 Å². The molecule has 1 atom stereocenters. The summed E-state index contributed by atoms with van der Waals surface area (Å²) in [6.45, 7) is 0.998. The van der Waals surface area contributed by atoms with Crippen molar-refractivity contribution in [1.82, 2.24) is 14.8 Å². The summed E-state index contributed by atoms with van der Waals surface area (Å²) in [7, 11) is 5.19. The smallest absolute Gasteiger partial charge is 0.254 e. The molecule has 1 aromatic heterocycles. The lowest BCUT2D eigenvalue weighted by Crippen LogP contribution is -2.58. The van der Waals surface area contributed by atoms with Gasteiger partial charge in [0, 0.05) is 45.4 Å². The van der Waals surface area contributed by atoms with Crippen molar-refractivity contribution in [2.45, 2.75) is 12.5 Å². The summed E-state index contributed by atoms with van der Waals surface area (Å²) < 4.78 is 5.25. The molecule has 4 rings (SSSR count). The van der Waals surface area contributed by atoms with Gasteiger partial charge in [0.15, 0.2) is 0 Å². The van der Waals surface area contributed by atoms with Gasteiger partial charge in [0.2, 0.25) is 5.91 Å². The minimum absolute atomic E-state index is 0.0488. The van der Waals surface area contributed by atoms with Crippen LogP contribution in [-0.4, -0.2) is 66.9 Å². The molecule has 7 heteroatoms. The van der Waals surface area contributed by atoms with Gasteiger partial charge in [0.05, 0.1) is 7.11 Å². The molecule has 0 saturated carbocycles. The summed E-state index contributed by atoms with van der Waals surface area (Å²) in [6, 6.07) is 18.8. The second kappa shape index (κ2) is 9.73. The Labute approximate surface area is 194 Å². The number of piperazine rings is 1. The van der Waals surface area contributed by atoms with Gasteiger partial charge in [0.25, 0.3) is 5.91 Å². The summed E-state index contributed by atoms with van der Waals surface area (Å²) in [5.74, 6) is 1.21. The molecular formula is C26H28N4O3. The van der Waals surface area contributed by atoms with Gasteiger partial charge >= 0.3 is 0 Å².